The molecule has 0 radical (unpaired) electrons. The van der Waals surface area contributed by atoms with Gasteiger partial charge in [-0.2, -0.15) is 0 Å². The number of ether oxygens (including phenoxy) is 3. The number of hydrogen-bond donors (Lipinski definition) is 2. The Kier molecular flexibility index (Phi) is 50.1. The summed E-state index contributed by atoms with van der Waals surface area (Å²) in [5.74, 6) is -1.60. The second-order valence-electron chi connectivity index (χ2n) is 17.6. The van der Waals surface area contributed by atoms with Gasteiger partial charge in [-0.15, -0.1) is 0 Å². The van der Waals surface area contributed by atoms with Crippen LogP contribution >= 0.6 is 7.82 Å². The zero-order valence-electron chi connectivity index (χ0n) is 44.8. The second-order valence-corrected chi connectivity index (χ2v) is 19.1. The zero-order valence-corrected chi connectivity index (χ0v) is 45.7. The van der Waals surface area contributed by atoms with E-state index in [1.54, 1.807) is 0 Å². The zero-order chi connectivity index (χ0) is 52.7. The molecule has 0 saturated heterocycles. The highest BCUT2D eigenvalue weighted by atomic mass is 31.2. The molecular weight excluding hydrogens is 928 g/mol. The van der Waals surface area contributed by atoms with Crippen LogP contribution < -0.4 is 0 Å². The number of phosphoric acid groups is 1. The summed E-state index contributed by atoms with van der Waals surface area (Å²) in [6.45, 7) is 4.24. The van der Waals surface area contributed by atoms with Crippen molar-refractivity contribution in [2.24, 2.45) is 0 Å². The first kappa shape index (κ1) is 67.9. The van der Waals surface area contributed by atoms with Crippen LogP contribution in [0.25, 0.3) is 0 Å². The fraction of sp³-hybridized carbons (Fsp3) is 0.617. The molecule has 0 aliphatic carbocycles. The summed E-state index contributed by atoms with van der Waals surface area (Å²) in [5.41, 5.74) is 0. The second kappa shape index (κ2) is 53.2. The molecular formula is C60H97O11P. The first-order valence-electron chi connectivity index (χ1n) is 27.4. The van der Waals surface area contributed by atoms with Crippen LogP contribution in [0.15, 0.2) is 122 Å². The number of carbonyl (C=O) groups is 3. The van der Waals surface area contributed by atoms with Crippen LogP contribution in [0.1, 0.15) is 201 Å². The van der Waals surface area contributed by atoms with E-state index in [0.717, 1.165) is 116 Å². The Morgan fingerprint density at radius 2 is 0.736 bits per heavy atom. The third-order valence-electron chi connectivity index (χ3n) is 10.8. The summed E-state index contributed by atoms with van der Waals surface area (Å²) in [7, 11) is -4.78. The van der Waals surface area contributed by atoms with E-state index in [1.165, 1.54) is 19.3 Å². The van der Waals surface area contributed by atoms with Crippen LogP contribution in [0.3, 0.4) is 0 Å². The van der Waals surface area contributed by atoms with Crippen molar-refractivity contribution in [2.75, 3.05) is 26.4 Å². The molecule has 3 atom stereocenters. The minimum absolute atomic E-state index is 0.0774. The molecule has 0 rings (SSSR count). The van der Waals surface area contributed by atoms with Gasteiger partial charge in [0.25, 0.3) is 0 Å². The van der Waals surface area contributed by atoms with Gasteiger partial charge in [-0.1, -0.05) is 181 Å². The van der Waals surface area contributed by atoms with Crippen molar-refractivity contribution in [3.05, 3.63) is 122 Å². The van der Waals surface area contributed by atoms with Crippen LogP contribution in [0.4, 0.5) is 0 Å². The average Bonchev–Trinajstić information content (AvgIpc) is 3.37. The van der Waals surface area contributed by atoms with E-state index in [0.29, 0.717) is 25.7 Å². The summed E-state index contributed by atoms with van der Waals surface area (Å²) in [5, 5.41) is 9.79. The highest BCUT2D eigenvalue weighted by molar-refractivity contribution is 7.47. The highest BCUT2D eigenvalue weighted by Crippen LogP contribution is 2.43. The Labute approximate surface area is 437 Å². The monoisotopic (exact) mass is 1020 g/mol. The van der Waals surface area contributed by atoms with Crippen LogP contribution in [0, 0.1) is 0 Å². The van der Waals surface area contributed by atoms with Gasteiger partial charge in [0.2, 0.25) is 0 Å². The Bertz CT molecular complexity index is 1670. The molecule has 0 fully saturated rings. The molecule has 0 heterocycles. The predicted molar refractivity (Wildman–Crippen MR) is 297 cm³/mol. The molecule has 3 unspecified atom stereocenters. The number of aliphatic hydroxyl groups is 1. The standard InChI is InChI=1S/C60H97O11P/c1-4-7-10-13-16-19-22-25-27-28-30-33-36-39-42-45-48-51-60(64)71-57(53-67-58(62)49-46-43-40-37-34-32-29-26-23-20-17-14-11-8-5-2)55-69-72(65,66)68-54-56(52-61)70-59(63)50-47-44-41-38-35-31-24-21-18-15-12-9-6-3/h7,9-10,12,16-21,25-27,29-31,33,35,39,42,56-57,61H,4-6,8,11,13-15,22-24,28,32,34,36-38,40-41,43-55H2,1-3H3,(H,65,66)/b10-7-,12-9-,19-16-,20-17-,21-18-,27-25-,29-26-,33-30-,35-31-,42-39-. The summed E-state index contributed by atoms with van der Waals surface area (Å²) >= 11 is 0. The summed E-state index contributed by atoms with van der Waals surface area (Å²) in [6.07, 6.45) is 64.6. The van der Waals surface area contributed by atoms with Crippen molar-refractivity contribution in [2.45, 2.75) is 213 Å². The van der Waals surface area contributed by atoms with Gasteiger partial charge in [-0.25, -0.2) is 4.57 Å². The average molecular weight is 1030 g/mol. The van der Waals surface area contributed by atoms with Crippen LogP contribution in [0.2, 0.25) is 0 Å². The van der Waals surface area contributed by atoms with Crippen molar-refractivity contribution in [3.8, 4) is 0 Å². The molecule has 0 bridgehead atoms. The molecule has 0 aliphatic heterocycles. The Morgan fingerprint density at radius 3 is 1.18 bits per heavy atom. The van der Waals surface area contributed by atoms with Gasteiger partial charge in [0.1, 0.15) is 12.7 Å². The lowest BCUT2D eigenvalue weighted by Gasteiger charge is -2.21. The van der Waals surface area contributed by atoms with E-state index in [1.807, 2.05) is 12.2 Å². The number of unbranched alkanes of at least 4 members (excludes halogenated alkanes) is 12. The van der Waals surface area contributed by atoms with Crippen LogP contribution in [-0.4, -0.2) is 66.5 Å². The van der Waals surface area contributed by atoms with Gasteiger partial charge in [0.15, 0.2) is 6.10 Å². The van der Waals surface area contributed by atoms with Gasteiger partial charge < -0.3 is 24.2 Å². The Balaban J connectivity index is 4.90. The number of rotatable bonds is 49. The molecule has 0 aromatic heterocycles. The molecule has 0 saturated carbocycles. The number of phosphoric ester groups is 1. The molecule has 12 heteroatoms. The number of esters is 3. The van der Waals surface area contributed by atoms with E-state index < -0.39 is 57.8 Å². The minimum atomic E-state index is -4.78. The quantitative estimate of drug-likeness (QED) is 0.0197. The van der Waals surface area contributed by atoms with E-state index >= 15 is 0 Å². The molecule has 0 aromatic rings. The molecule has 0 spiro atoms. The maximum Gasteiger partial charge on any atom is 0.472 e. The van der Waals surface area contributed by atoms with Gasteiger partial charge in [-0.3, -0.25) is 23.4 Å². The molecule has 2 N–H and O–H groups in total. The fourth-order valence-electron chi connectivity index (χ4n) is 6.73. The number of allylic oxidation sites excluding steroid dienone is 20. The lowest BCUT2D eigenvalue weighted by atomic mass is 10.1. The van der Waals surface area contributed by atoms with E-state index in [-0.39, 0.29) is 25.9 Å². The maximum atomic E-state index is 12.9. The van der Waals surface area contributed by atoms with Crippen molar-refractivity contribution in [1.82, 2.24) is 0 Å². The van der Waals surface area contributed by atoms with E-state index in [9.17, 15) is 28.9 Å². The van der Waals surface area contributed by atoms with Crippen molar-refractivity contribution >= 4 is 25.7 Å². The van der Waals surface area contributed by atoms with Crippen molar-refractivity contribution in [3.63, 3.8) is 0 Å². The molecule has 0 aromatic carbocycles. The molecule has 0 amide bonds. The topological polar surface area (TPSA) is 155 Å². The number of aliphatic hydroxyl groups excluding tert-OH is 1. The highest BCUT2D eigenvalue weighted by Gasteiger charge is 2.28. The summed E-state index contributed by atoms with van der Waals surface area (Å²) in [4.78, 5) is 48.4. The smallest absolute Gasteiger partial charge is 0.462 e. The third-order valence-corrected chi connectivity index (χ3v) is 11.8. The molecule has 408 valence electrons. The summed E-state index contributed by atoms with van der Waals surface area (Å²) < 4.78 is 39.3. The van der Waals surface area contributed by atoms with Crippen molar-refractivity contribution < 1.29 is 52.2 Å². The normalized spacial score (nSPS) is 14.3. The molecule has 72 heavy (non-hydrogen) atoms. The molecule has 0 aliphatic rings. The van der Waals surface area contributed by atoms with Gasteiger partial charge in [0, 0.05) is 19.3 Å². The van der Waals surface area contributed by atoms with Crippen LogP contribution in [-0.2, 0) is 42.2 Å². The first-order chi connectivity index (χ1) is 35.2. The lowest BCUT2D eigenvalue weighted by Crippen LogP contribution is -2.30. The number of hydrogen-bond acceptors (Lipinski definition) is 10. The predicted octanol–water partition coefficient (Wildman–Crippen LogP) is 16.0. The number of carbonyl (C=O) groups excluding carboxylic acids is 3. The first-order valence-corrected chi connectivity index (χ1v) is 28.9. The van der Waals surface area contributed by atoms with Gasteiger partial charge in [-0.05, 0) is 122 Å². The SMILES string of the molecule is CC/C=C\C/C=C\C/C=C\C/C=C\C/C=C\CCCC(=O)OC(COC(=O)CCCCCCC/C=C\C/C=C\CCCCC)COP(=O)(O)OCC(CO)OC(=O)CCCCC/C=C\C/C=C\C/C=C\CC. The van der Waals surface area contributed by atoms with E-state index in [2.05, 4.69) is 130 Å². The lowest BCUT2D eigenvalue weighted by molar-refractivity contribution is -0.161. The maximum absolute atomic E-state index is 12.9. The molecule has 11 nitrogen and oxygen atoms in total. The van der Waals surface area contributed by atoms with Gasteiger partial charge >= 0.3 is 25.7 Å². The van der Waals surface area contributed by atoms with E-state index in [4.69, 9.17) is 23.3 Å². The largest absolute Gasteiger partial charge is 0.472 e. The van der Waals surface area contributed by atoms with Gasteiger partial charge in [0.05, 0.1) is 19.8 Å². The fourth-order valence-corrected chi connectivity index (χ4v) is 7.51. The Morgan fingerprint density at radius 1 is 0.403 bits per heavy atom. The Hall–Kier alpha value is -4.12. The minimum Gasteiger partial charge on any atom is -0.462 e. The van der Waals surface area contributed by atoms with Crippen molar-refractivity contribution in [1.29, 1.82) is 0 Å². The third kappa shape index (κ3) is 50.8. The summed E-state index contributed by atoms with van der Waals surface area (Å²) in [6, 6.07) is 0. The van der Waals surface area contributed by atoms with Crippen LogP contribution in [0.5, 0.6) is 0 Å².